The molecule has 166 valence electrons. The van der Waals surface area contributed by atoms with Crippen molar-refractivity contribution in [2.45, 2.75) is 25.1 Å². The lowest BCUT2D eigenvalue weighted by Gasteiger charge is -2.34. The highest BCUT2D eigenvalue weighted by Gasteiger charge is 2.27. The van der Waals surface area contributed by atoms with Gasteiger partial charge in [0, 0.05) is 24.8 Å². The summed E-state index contributed by atoms with van der Waals surface area (Å²) in [4.78, 5) is 14.0. The number of halogens is 1. The summed E-state index contributed by atoms with van der Waals surface area (Å²) < 4.78 is 22.1. The first-order chi connectivity index (χ1) is 15.5. The SMILES string of the molecule is C=CC(O)N1CCC[C@@H](n2cc(C(N)=O)c(-c3ccc(Oc4ccccc4)c(F)c3)n2)C1. The first-order valence-corrected chi connectivity index (χ1v) is 10.4. The number of aliphatic hydroxyl groups excluding tert-OH is 1. The van der Waals surface area contributed by atoms with Crippen LogP contribution in [-0.2, 0) is 0 Å². The van der Waals surface area contributed by atoms with Gasteiger partial charge in [-0.1, -0.05) is 24.8 Å². The number of nitrogens with zero attached hydrogens (tertiary/aromatic N) is 3. The standard InChI is InChI=1S/C24H25FN4O3/c1-2-22(30)28-12-6-7-17(14-28)29-15-19(24(26)31)23(27-29)16-10-11-21(20(25)13-16)32-18-8-4-3-5-9-18/h2-5,8-11,13,15,17,22,30H,1,6-7,12,14H2,(H2,26,31)/t17-,22?/m1/s1. The number of aliphatic hydroxyl groups is 1. The quantitative estimate of drug-likeness (QED) is 0.551. The van der Waals surface area contributed by atoms with Crippen LogP contribution in [0.3, 0.4) is 0 Å². The van der Waals surface area contributed by atoms with Crippen LogP contribution in [0.15, 0.2) is 67.4 Å². The van der Waals surface area contributed by atoms with Crippen molar-refractivity contribution in [2.24, 2.45) is 5.73 Å². The van der Waals surface area contributed by atoms with Gasteiger partial charge in [0.2, 0.25) is 0 Å². The van der Waals surface area contributed by atoms with E-state index in [4.69, 9.17) is 10.5 Å². The van der Waals surface area contributed by atoms with Gasteiger partial charge in [-0.05, 0) is 49.2 Å². The zero-order valence-corrected chi connectivity index (χ0v) is 17.5. The molecule has 0 radical (unpaired) electrons. The second-order valence-corrected chi connectivity index (χ2v) is 7.74. The molecule has 0 saturated carbocycles. The van der Waals surface area contributed by atoms with Gasteiger partial charge in [-0.2, -0.15) is 5.10 Å². The number of para-hydroxylation sites is 1. The van der Waals surface area contributed by atoms with Crippen LogP contribution in [0.25, 0.3) is 11.3 Å². The Hall–Kier alpha value is -3.49. The van der Waals surface area contributed by atoms with Crippen molar-refractivity contribution in [1.29, 1.82) is 0 Å². The molecule has 2 aromatic carbocycles. The van der Waals surface area contributed by atoms with Gasteiger partial charge in [0.15, 0.2) is 11.6 Å². The Bertz CT molecular complexity index is 1120. The number of hydrogen-bond acceptors (Lipinski definition) is 5. The maximum absolute atomic E-state index is 14.8. The van der Waals surface area contributed by atoms with Crippen LogP contribution in [0.1, 0.15) is 29.2 Å². The topological polar surface area (TPSA) is 93.6 Å². The number of piperidine rings is 1. The van der Waals surface area contributed by atoms with Gasteiger partial charge in [-0.15, -0.1) is 0 Å². The second kappa shape index (κ2) is 9.33. The van der Waals surface area contributed by atoms with Gasteiger partial charge in [0.1, 0.15) is 17.7 Å². The van der Waals surface area contributed by atoms with E-state index >= 15 is 0 Å². The molecule has 7 nitrogen and oxygen atoms in total. The zero-order valence-electron chi connectivity index (χ0n) is 17.5. The average molecular weight is 436 g/mol. The van der Waals surface area contributed by atoms with Crippen molar-refractivity contribution in [1.82, 2.24) is 14.7 Å². The highest BCUT2D eigenvalue weighted by atomic mass is 19.1. The highest BCUT2D eigenvalue weighted by molar-refractivity contribution is 5.98. The molecule has 2 atom stereocenters. The molecule has 8 heteroatoms. The minimum absolute atomic E-state index is 0.0595. The Labute approximate surface area is 185 Å². The van der Waals surface area contributed by atoms with Crippen LogP contribution in [0.2, 0.25) is 0 Å². The van der Waals surface area contributed by atoms with E-state index in [9.17, 15) is 14.3 Å². The van der Waals surface area contributed by atoms with Crippen LogP contribution in [0, 0.1) is 5.82 Å². The Kier molecular flexibility index (Phi) is 6.34. The summed E-state index contributed by atoms with van der Waals surface area (Å²) in [5.41, 5.74) is 6.53. The summed E-state index contributed by atoms with van der Waals surface area (Å²) in [7, 11) is 0. The van der Waals surface area contributed by atoms with Crippen molar-refractivity contribution < 1.29 is 19.0 Å². The molecular formula is C24H25FN4O3. The van der Waals surface area contributed by atoms with Gasteiger partial charge < -0.3 is 15.6 Å². The molecule has 32 heavy (non-hydrogen) atoms. The van der Waals surface area contributed by atoms with Gasteiger partial charge in [0.25, 0.3) is 5.91 Å². The third kappa shape index (κ3) is 4.56. The third-order valence-corrected chi connectivity index (χ3v) is 5.56. The Balaban J connectivity index is 1.62. The normalized spacial score (nSPS) is 17.6. The lowest BCUT2D eigenvalue weighted by molar-refractivity contribution is 0.0121. The molecule has 1 fully saturated rings. The summed E-state index contributed by atoms with van der Waals surface area (Å²) in [6, 6.07) is 13.3. The maximum Gasteiger partial charge on any atom is 0.252 e. The van der Waals surface area contributed by atoms with Gasteiger partial charge in [0.05, 0.1) is 11.6 Å². The zero-order chi connectivity index (χ0) is 22.7. The molecule has 0 bridgehead atoms. The average Bonchev–Trinajstić information content (AvgIpc) is 3.27. The number of likely N-dealkylation sites (tertiary alicyclic amines) is 1. The number of hydrogen-bond donors (Lipinski definition) is 2. The fraction of sp³-hybridized carbons (Fsp3) is 0.250. The Morgan fingerprint density at radius 2 is 2.09 bits per heavy atom. The molecule has 0 aliphatic carbocycles. The van der Waals surface area contributed by atoms with E-state index in [1.807, 2.05) is 11.0 Å². The molecule has 0 spiro atoms. The smallest absolute Gasteiger partial charge is 0.252 e. The summed E-state index contributed by atoms with van der Waals surface area (Å²) in [6.07, 6.45) is 4.02. The minimum atomic E-state index is -0.741. The van der Waals surface area contributed by atoms with Crippen LogP contribution in [-0.4, -0.2) is 45.0 Å². The van der Waals surface area contributed by atoms with Crippen molar-refractivity contribution in [3.63, 3.8) is 0 Å². The third-order valence-electron chi connectivity index (χ3n) is 5.56. The van der Waals surface area contributed by atoms with Crippen LogP contribution in [0.4, 0.5) is 4.39 Å². The van der Waals surface area contributed by atoms with E-state index in [0.717, 1.165) is 19.4 Å². The number of carbonyl (C=O) groups is 1. The predicted molar refractivity (Wildman–Crippen MR) is 119 cm³/mol. The summed E-state index contributed by atoms with van der Waals surface area (Å²) in [5.74, 6) is -0.629. The molecule has 1 saturated heterocycles. The molecule has 1 aliphatic rings. The number of benzene rings is 2. The summed E-state index contributed by atoms with van der Waals surface area (Å²) >= 11 is 0. The molecular weight excluding hydrogens is 411 g/mol. The Morgan fingerprint density at radius 3 is 2.78 bits per heavy atom. The molecule has 1 unspecified atom stereocenters. The minimum Gasteiger partial charge on any atom is -0.454 e. The first kappa shape index (κ1) is 21.7. The number of carbonyl (C=O) groups excluding carboxylic acids is 1. The van der Waals surface area contributed by atoms with Crippen molar-refractivity contribution >= 4 is 5.91 Å². The number of aromatic nitrogens is 2. The summed E-state index contributed by atoms with van der Waals surface area (Å²) in [5, 5.41) is 14.7. The molecule has 4 rings (SSSR count). The number of rotatable bonds is 7. The van der Waals surface area contributed by atoms with Crippen molar-refractivity contribution in [3.8, 4) is 22.8 Å². The lowest BCUT2D eigenvalue weighted by atomic mass is 10.1. The van der Waals surface area contributed by atoms with E-state index in [1.54, 1.807) is 41.2 Å². The second-order valence-electron chi connectivity index (χ2n) is 7.74. The van der Waals surface area contributed by atoms with Crippen LogP contribution < -0.4 is 10.5 Å². The first-order valence-electron chi connectivity index (χ1n) is 10.4. The number of amides is 1. The van der Waals surface area contributed by atoms with Gasteiger partial charge >= 0.3 is 0 Å². The fourth-order valence-electron chi connectivity index (χ4n) is 3.91. The van der Waals surface area contributed by atoms with Gasteiger partial charge in [-0.3, -0.25) is 14.4 Å². The molecule has 3 aromatic rings. The van der Waals surface area contributed by atoms with Gasteiger partial charge in [-0.25, -0.2) is 4.39 Å². The molecule has 1 amide bonds. The van der Waals surface area contributed by atoms with Crippen molar-refractivity contribution in [2.75, 3.05) is 13.1 Å². The monoisotopic (exact) mass is 436 g/mol. The molecule has 1 aliphatic heterocycles. The maximum atomic E-state index is 14.8. The molecule has 3 N–H and O–H groups in total. The summed E-state index contributed by atoms with van der Waals surface area (Å²) in [6.45, 7) is 4.93. The van der Waals surface area contributed by atoms with E-state index < -0.39 is 18.0 Å². The fourth-order valence-corrected chi connectivity index (χ4v) is 3.91. The number of ether oxygens (including phenoxy) is 1. The predicted octanol–water partition coefficient (Wildman–Crippen LogP) is 3.72. The van der Waals surface area contributed by atoms with Crippen LogP contribution in [0.5, 0.6) is 11.5 Å². The highest BCUT2D eigenvalue weighted by Crippen LogP contribution is 2.31. The molecule has 1 aromatic heterocycles. The number of nitrogens with two attached hydrogens (primary N) is 1. The largest absolute Gasteiger partial charge is 0.454 e. The lowest BCUT2D eigenvalue weighted by Crippen LogP contribution is -2.42. The van der Waals surface area contributed by atoms with Crippen LogP contribution >= 0.6 is 0 Å². The van der Waals surface area contributed by atoms with E-state index in [2.05, 4.69) is 11.7 Å². The van der Waals surface area contributed by atoms with E-state index in [-0.39, 0.29) is 17.4 Å². The van der Waals surface area contributed by atoms with E-state index in [0.29, 0.717) is 23.6 Å². The van der Waals surface area contributed by atoms with Crippen molar-refractivity contribution in [3.05, 3.63) is 78.8 Å². The Morgan fingerprint density at radius 1 is 1.31 bits per heavy atom. The molecule has 2 heterocycles. The van der Waals surface area contributed by atoms with E-state index in [1.165, 1.54) is 18.2 Å². The number of primary amides is 1.